The maximum Gasteiger partial charge on any atom is 0.339 e. The maximum atomic E-state index is 12.4. The SMILES string of the molecule is COc1ccc(-c2ccc(C(=O)Nc3ccc(C(=O)O)c(O)c3)o2)c([N+](=O)[O-])c1. The molecule has 10 heteroatoms. The van der Waals surface area contributed by atoms with Crippen LogP contribution in [-0.2, 0) is 0 Å². The summed E-state index contributed by atoms with van der Waals surface area (Å²) in [5.74, 6) is -2.23. The predicted molar refractivity (Wildman–Crippen MR) is 100 cm³/mol. The number of carboxylic acid groups (broad SMARTS) is 1. The molecule has 10 nitrogen and oxygen atoms in total. The normalized spacial score (nSPS) is 10.4. The van der Waals surface area contributed by atoms with Gasteiger partial charge < -0.3 is 24.7 Å². The second-order valence-corrected chi connectivity index (χ2v) is 5.80. The lowest BCUT2D eigenvalue weighted by molar-refractivity contribution is -0.384. The van der Waals surface area contributed by atoms with Gasteiger partial charge in [0.25, 0.3) is 11.6 Å². The molecule has 1 aromatic heterocycles. The second-order valence-electron chi connectivity index (χ2n) is 5.80. The molecule has 1 amide bonds. The van der Waals surface area contributed by atoms with Crippen LogP contribution in [0.25, 0.3) is 11.3 Å². The highest BCUT2D eigenvalue weighted by Crippen LogP contribution is 2.34. The number of aromatic carboxylic acids is 1. The van der Waals surface area contributed by atoms with Crippen LogP contribution in [-0.4, -0.2) is 34.1 Å². The van der Waals surface area contributed by atoms with Crippen LogP contribution in [0.1, 0.15) is 20.9 Å². The number of carbonyl (C=O) groups excluding carboxylic acids is 1. The van der Waals surface area contributed by atoms with E-state index in [4.69, 9.17) is 14.3 Å². The van der Waals surface area contributed by atoms with E-state index in [-0.39, 0.29) is 34.0 Å². The lowest BCUT2D eigenvalue weighted by Gasteiger charge is -2.06. The summed E-state index contributed by atoms with van der Waals surface area (Å²) in [6, 6.07) is 10.5. The third-order valence-electron chi connectivity index (χ3n) is 3.98. The molecule has 2 aromatic carbocycles. The number of nitro benzene ring substituents is 1. The number of nitrogens with one attached hydrogen (secondary N) is 1. The van der Waals surface area contributed by atoms with E-state index in [0.717, 1.165) is 12.1 Å². The summed E-state index contributed by atoms with van der Waals surface area (Å²) in [6.07, 6.45) is 0. The number of hydrogen-bond donors (Lipinski definition) is 3. The number of aromatic hydroxyl groups is 1. The average Bonchev–Trinajstić information content (AvgIpc) is 3.17. The van der Waals surface area contributed by atoms with E-state index in [9.17, 15) is 24.8 Å². The Morgan fingerprint density at radius 1 is 1.14 bits per heavy atom. The molecular weight excluding hydrogens is 384 g/mol. The van der Waals surface area contributed by atoms with E-state index in [1.165, 1.54) is 43.5 Å². The molecule has 0 atom stereocenters. The van der Waals surface area contributed by atoms with Gasteiger partial charge in [0.05, 0.1) is 23.7 Å². The van der Waals surface area contributed by atoms with Crippen LogP contribution in [0, 0.1) is 10.1 Å². The van der Waals surface area contributed by atoms with E-state index in [0.29, 0.717) is 5.75 Å². The number of ether oxygens (including phenoxy) is 1. The monoisotopic (exact) mass is 398 g/mol. The van der Waals surface area contributed by atoms with Crippen molar-refractivity contribution >= 4 is 23.3 Å². The van der Waals surface area contributed by atoms with Crippen molar-refractivity contribution in [2.24, 2.45) is 0 Å². The molecule has 1 heterocycles. The van der Waals surface area contributed by atoms with Gasteiger partial charge in [-0.1, -0.05) is 0 Å². The number of carboxylic acids is 1. The van der Waals surface area contributed by atoms with Gasteiger partial charge in [-0.25, -0.2) is 4.79 Å². The summed E-state index contributed by atoms with van der Waals surface area (Å²) in [7, 11) is 1.38. The summed E-state index contributed by atoms with van der Waals surface area (Å²) in [4.78, 5) is 34.0. The summed E-state index contributed by atoms with van der Waals surface area (Å²) >= 11 is 0. The zero-order valence-corrected chi connectivity index (χ0v) is 14.9. The minimum Gasteiger partial charge on any atom is -0.507 e. The lowest BCUT2D eigenvalue weighted by atomic mass is 10.1. The van der Waals surface area contributed by atoms with Crippen LogP contribution in [0.2, 0.25) is 0 Å². The molecule has 0 fully saturated rings. The van der Waals surface area contributed by atoms with Gasteiger partial charge in [0.2, 0.25) is 0 Å². The molecule has 0 aliphatic heterocycles. The van der Waals surface area contributed by atoms with Gasteiger partial charge >= 0.3 is 5.97 Å². The standard InChI is InChI=1S/C19H14N2O8/c1-28-11-3-5-12(14(9-11)21(26)27)16-6-7-17(29-16)18(23)20-10-2-4-13(19(24)25)15(22)8-10/h2-9,22H,1H3,(H,20,23)(H,24,25). The second kappa shape index (κ2) is 7.72. The van der Waals surface area contributed by atoms with Crippen LogP contribution in [0.15, 0.2) is 52.9 Å². The van der Waals surface area contributed by atoms with Gasteiger partial charge in [0, 0.05) is 11.8 Å². The minimum absolute atomic E-state index is 0.105. The molecule has 0 aliphatic carbocycles. The van der Waals surface area contributed by atoms with Gasteiger partial charge in [-0.3, -0.25) is 14.9 Å². The Morgan fingerprint density at radius 2 is 1.90 bits per heavy atom. The summed E-state index contributed by atoms with van der Waals surface area (Å²) < 4.78 is 10.4. The van der Waals surface area contributed by atoms with E-state index in [2.05, 4.69) is 5.32 Å². The molecule has 0 unspecified atom stereocenters. The van der Waals surface area contributed by atoms with Crippen molar-refractivity contribution in [2.45, 2.75) is 0 Å². The van der Waals surface area contributed by atoms with Crippen LogP contribution in [0.4, 0.5) is 11.4 Å². The number of phenols is 1. The first-order valence-electron chi connectivity index (χ1n) is 8.10. The maximum absolute atomic E-state index is 12.4. The molecule has 3 N–H and O–H groups in total. The molecule has 29 heavy (non-hydrogen) atoms. The predicted octanol–water partition coefficient (Wildman–Crippen LogP) is 3.52. The van der Waals surface area contributed by atoms with Crippen molar-refractivity contribution in [3.05, 3.63) is 70.0 Å². The number of hydrogen-bond acceptors (Lipinski definition) is 7. The number of nitrogens with zero attached hydrogens (tertiary/aromatic N) is 1. The quantitative estimate of drug-likeness (QED) is 0.421. The van der Waals surface area contributed by atoms with Crippen molar-refractivity contribution < 1.29 is 33.9 Å². The fourth-order valence-electron chi connectivity index (χ4n) is 2.59. The Hall–Kier alpha value is -4.34. The number of rotatable bonds is 6. The van der Waals surface area contributed by atoms with Crippen LogP contribution in [0.3, 0.4) is 0 Å². The smallest absolute Gasteiger partial charge is 0.339 e. The Labute approximate surface area is 163 Å². The van der Waals surface area contributed by atoms with Gasteiger partial charge in [-0.2, -0.15) is 0 Å². The molecule has 0 saturated heterocycles. The van der Waals surface area contributed by atoms with Crippen LogP contribution >= 0.6 is 0 Å². The molecular formula is C19H14N2O8. The van der Waals surface area contributed by atoms with Gasteiger partial charge in [0.1, 0.15) is 22.8 Å². The number of furan rings is 1. The number of methoxy groups -OCH3 is 1. The highest BCUT2D eigenvalue weighted by atomic mass is 16.6. The Bertz CT molecular complexity index is 1120. The zero-order chi connectivity index (χ0) is 21.1. The van der Waals surface area contributed by atoms with Gasteiger partial charge in [0.15, 0.2) is 5.76 Å². The molecule has 3 rings (SSSR count). The third kappa shape index (κ3) is 4.00. The van der Waals surface area contributed by atoms with Crippen molar-refractivity contribution in [3.63, 3.8) is 0 Å². The largest absolute Gasteiger partial charge is 0.507 e. The molecule has 0 spiro atoms. The van der Waals surface area contributed by atoms with Crippen molar-refractivity contribution in [2.75, 3.05) is 12.4 Å². The van der Waals surface area contributed by atoms with E-state index < -0.39 is 22.5 Å². The Balaban J connectivity index is 1.85. The first-order chi connectivity index (χ1) is 13.8. The zero-order valence-electron chi connectivity index (χ0n) is 14.9. The number of amides is 1. The molecule has 0 bridgehead atoms. The minimum atomic E-state index is -1.31. The topological polar surface area (TPSA) is 152 Å². The summed E-state index contributed by atoms with van der Waals surface area (Å²) in [6.45, 7) is 0. The Morgan fingerprint density at radius 3 is 2.52 bits per heavy atom. The highest BCUT2D eigenvalue weighted by Gasteiger charge is 2.21. The fourth-order valence-corrected chi connectivity index (χ4v) is 2.59. The van der Waals surface area contributed by atoms with Crippen LogP contribution < -0.4 is 10.1 Å². The first-order valence-corrected chi connectivity index (χ1v) is 8.10. The lowest BCUT2D eigenvalue weighted by Crippen LogP contribution is -2.11. The molecule has 148 valence electrons. The van der Waals surface area contributed by atoms with Crippen LogP contribution in [0.5, 0.6) is 11.5 Å². The number of benzene rings is 2. The van der Waals surface area contributed by atoms with E-state index >= 15 is 0 Å². The van der Waals surface area contributed by atoms with Gasteiger partial charge in [-0.15, -0.1) is 0 Å². The molecule has 3 aromatic rings. The molecule has 0 aliphatic rings. The Kier molecular flexibility index (Phi) is 5.17. The fraction of sp³-hybridized carbons (Fsp3) is 0.0526. The summed E-state index contributed by atoms with van der Waals surface area (Å²) in [5.41, 5.74) is -0.251. The number of nitro groups is 1. The molecule has 0 radical (unpaired) electrons. The highest BCUT2D eigenvalue weighted by molar-refractivity contribution is 6.03. The molecule has 0 saturated carbocycles. The first kappa shape index (κ1) is 19.4. The van der Waals surface area contributed by atoms with Crippen molar-refractivity contribution in [3.8, 4) is 22.8 Å². The third-order valence-corrected chi connectivity index (χ3v) is 3.98. The van der Waals surface area contributed by atoms with E-state index in [1.54, 1.807) is 0 Å². The number of anilines is 1. The van der Waals surface area contributed by atoms with Gasteiger partial charge in [-0.05, 0) is 36.4 Å². The van der Waals surface area contributed by atoms with Crippen molar-refractivity contribution in [1.29, 1.82) is 0 Å². The summed E-state index contributed by atoms with van der Waals surface area (Å²) in [5, 5.41) is 32.4. The average molecular weight is 398 g/mol. The van der Waals surface area contributed by atoms with E-state index in [1.807, 2.05) is 0 Å². The number of carbonyl (C=O) groups is 2. The van der Waals surface area contributed by atoms with Crippen molar-refractivity contribution in [1.82, 2.24) is 0 Å².